The van der Waals surface area contributed by atoms with Crippen molar-refractivity contribution in [2.45, 2.75) is 13.3 Å². The Kier molecular flexibility index (Phi) is 5.04. The fraction of sp³-hybridized carbons (Fsp3) is 0.211. The maximum Gasteiger partial charge on any atom is 0.349 e. The molecule has 0 bridgehead atoms. The van der Waals surface area contributed by atoms with Crippen LogP contribution in [0.5, 0.6) is 0 Å². The predicted octanol–water partition coefficient (Wildman–Crippen LogP) is 3.52. The Bertz CT molecular complexity index is 905. The van der Waals surface area contributed by atoms with Crippen molar-refractivity contribution in [1.29, 1.82) is 5.26 Å². The lowest BCUT2D eigenvalue weighted by molar-refractivity contribution is 0.228. The van der Waals surface area contributed by atoms with Crippen molar-refractivity contribution in [3.8, 4) is 6.07 Å². The number of urea groups is 2. The van der Waals surface area contributed by atoms with E-state index in [1.54, 1.807) is 36.4 Å². The van der Waals surface area contributed by atoms with E-state index < -0.39 is 12.1 Å². The molecule has 1 heterocycles. The van der Waals surface area contributed by atoms with E-state index in [4.69, 9.17) is 5.26 Å². The van der Waals surface area contributed by atoms with Crippen molar-refractivity contribution in [2.75, 3.05) is 11.9 Å². The summed E-state index contributed by atoms with van der Waals surface area (Å²) in [5.74, 6) is -0.00407. The Balaban J connectivity index is 1.93. The highest BCUT2D eigenvalue weighted by Gasteiger charge is 2.34. The maximum atomic E-state index is 12.5. The van der Waals surface area contributed by atoms with E-state index in [0.717, 1.165) is 0 Å². The normalized spacial score (nSPS) is 19.8. The smallest absolute Gasteiger partial charge is 0.305 e. The van der Waals surface area contributed by atoms with Crippen LogP contribution in [0.15, 0.2) is 58.6 Å². The van der Waals surface area contributed by atoms with Crippen molar-refractivity contribution in [2.24, 2.45) is 15.9 Å². The fourth-order valence-corrected chi connectivity index (χ4v) is 2.79. The number of carbonyl (C=O) groups excluding carboxylic acids is 2. The van der Waals surface area contributed by atoms with E-state index in [1.807, 2.05) is 25.1 Å². The van der Waals surface area contributed by atoms with Gasteiger partial charge in [-0.25, -0.2) is 9.59 Å². The average molecular weight is 347 g/mol. The number of hydrogen-bond donors (Lipinski definition) is 1. The van der Waals surface area contributed by atoms with Crippen molar-refractivity contribution in [3.63, 3.8) is 0 Å². The Morgan fingerprint density at radius 1 is 1.38 bits per heavy atom. The summed E-state index contributed by atoms with van der Waals surface area (Å²) in [6, 6.07) is 7.62. The van der Waals surface area contributed by atoms with Crippen LogP contribution in [0.1, 0.15) is 18.9 Å². The number of rotatable bonds is 3. The van der Waals surface area contributed by atoms with Crippen LogP contribution in [0.4, 0.5) is 15.3 Å². The minimum absolute atomic E-state index is 0.342. The molecule has 0 radical (unpaired) electrons. The van der Waals surface area contributed by atoms with Crippen molar-refractivity contribution >= 4 is 29.3 Å². The molecule has 1 atom stereocenters. The molecule has 26 heavy (non-hydrogen) atoms. The van der Waals surface area contributed by atoms with Gasteiger partial charge < -0.3 is 5.32 Å². The summed E-state index contributed by atoms with van der Waals surface area (Å²) in [6.45, 7) is 2.36. The minimum atomic E-state index is -0.638. The average Bonchev–Trinajstić information content (AvgIpc) is 2.65. The van der Waals surface area contributed by atoms with E-state index in [2.05, 4.69) is 15.3 Å². The third-order valence-electron chi connectivity index (χ3n) is 3.96. The molecule has 0 spiro atoms. The highest BCUT2D eigenvalue weighted by Crippen LogP contribution is 2.22. The Morgan fingerprint density at radius 2 is 2.19 bits per heavy atom. The van der Waals surface area contributed by atoms with Gasteiger partial charge in [0.05, 0.1) is 22.9 Å². The predicted molar refractivity (Wildman–Crippen MR) is 99.2 cm³/mol. The highest BCUT2D eigenvalue weighted by molar-refractivity contribution is 6.24. The summed E-state index contributed by atoms with van der Waals surface area (Å²) in [6.07, 6.45) is 7.93. The number of nitriles is 1. The standard InChI is InChI=1S/C19H17N5O2/c1-2-11-24-17(14-8-4-6-10-16(14)22-19(24)26)23-18(25)21-15-9-5-3-7-13(15)12-20/h3-10,14H,2,11H2,1H3,(H,21,25)/b23-17-. The Morgan fingerprint density at radius 3 is 2.96 bits per heavy atom. The monoisotopic (exact) mass is 347 g/mol. The van der Waals surface area contributed by atoms with Crippen molar-refractivity contribution in [3.05, 3.63) is 54.1 Å². The Hall–Kier alpha value is -3.53. The molecule has 0 saturated carbocycles. The van der Waals surface area contributed by atoms with Gasteiger partial charge in [0.2, 0.25) is 0 Å². The van der Waals surface area contributed by atoms with Gasteiger partial charge in [0.25, 0.3) is 0 Å². The van der Waals surface area contributed by atoms with E-state index in [-0.39, 0.29) is 5.92 Å². The molecule has 3 rings (SSSR count). The molecule has 7 heteroatoms. The van der Waals surface area contributed by atoms with Crippen LogP contribution >= 0.6 is 0 Å². The molecule has 1 aliphatic heterocycles. The number of para-hydroxylation sites is 1. The molecule has 130 valence electrons. The molecule has 0 fully saturated rings. The first-order chi connectivity index (χ1) is 12.6. The van der Waals surface area contributed by atoms with Crippen LogP contribution in [-0.2, 0) is 0 Å². The van der Waals surface area contributed by atoms with E-state index in [0.29, 0.717) is 35.8 Å². The quantitative estimate of drug-likeness (QED) is 0.905. The lowest BCUT2D eigenvalue weighted by atomic mass is 9.94. The number of nitrogens with zero attached hydrogens (tertiary/aromatic N) is 4. The van der Waals surface area contributed by atoms with Gasteiger partial charge in [-0.2, -0.15) is 15.2 Å². The lowest BCUT2D eigenvalue weighted by Gasteiger charge is -2.31. The second-order valence-corrected chi connectivity index (χ2v) is 5.75. The number of nitrogens with one attached hydrogen (secondary N) is 1. The summed E-state index contributed by atoms with van der Waals surface area (Å²) in [7, 11) is 0. The molecule has 0 saturated heterocycles. The molecule has 2 aliphatic rings. The molecule has 1 unspecified atom stereocenters. The molecule has 4 amide bonds. The molecule has 1 aliphatic carbocycles. The molecule has 0 aromatic heterocycles. The van der Waals surface area contributed by atoms with Crippen LogP contribution in [0.2, 0.25) is 0 Å². The first-order valence-corrected chi connectivity index (χ1v) is 8.27. The van der Waals surface area contributed by atoms with E-state index >= 15 is 0 Å². The second kappa shape index (κ2) is 7.57. The summed E-state index contributed by atoms with van der Waals surface area (Å²) in [5.41, 5.74) is 1.28. The summed E-state index contributed by atoms with van der Waals surface area (Å²) < 4.78 is 0. The number of amidine groups is 1. The van der Waals surface area contributed by atoms with Crippen LogP contribution in [0.25, 0.3) is 0 Å². The number of fused-ring (bicyclic) bond motifs is 1. The van der Waals surface area contributed by atoms with Gasteiger partial charge in [-0.3, -0.25) is 4.90 Å². The number of aliphatic imine (C=N–C) groups is 2. The molecular formula is C19H17N5O2. The molecule has 1 N–H and O–H groups in total. The molecular weight excluding hydrogens is 330 g/mol. The van der Waals surface area contributed by atoms with Crippen molar-refractivity contribution in [1.82, 2.24) is 4.90 Å². The van der Waals surface area contributed by atoms with Crippen LogP contribution in [0.3, 0.4) is 0 Å². The first kappa shape index (κ1) is 17.3. The highest BCUT2D eigenvalue weighted by atomic mass is 16.2. The van der Waals surface area contributed by atoms with E-state index in [1.165, 1.54) is 4.90 Å². The van der Waals surface area contributed by atoms with Gasteiger partial charge >= 0.3 is 12.1 Å². The van der Waals surface area contributed by atoms with Gasteiger partial charge in [-0.05, 0) is 24.6 Å². The zero-order chi connectivity index (χ0) is 18.5. The van der Waals surface area contributed by atoms with Gasteiger partial charge in [0.15, 0.2) is 0 Å². The zero-order valence-electron chi connectivity index (χ0n) is 14.2. The van der Waals surface area contributed by atoms with Gasteiger partial charge in [0, 0.05) is 6.54 Å². The summed E-state index contributed by atoms with van der Waals surface area (Å²) in [5, 5.41) is 11.7. The number of benzene rings is 1. The largest absolute Gasteiger partial charge is 0.349 e. The number of amides is 4. The van der Waals surface area contributed by atoms with Gasteiger partial charge in [-0.1, -0.05) is 37.3 Å². The van der Waals surface area contributed by atoms with Gasteiger partial charge in [0.1, 0.15) is 11.9 Å². The van der Waals surface area contributed by atoms with E-state index in [9.17, 15) is 9.59 Å². The Labute approximate surface area is 151 Å². The van der Waals surface area contributed by atoms with Gasteiger partial charge in [-0.15, -0.1) is 0 Å². The fourth-order valence-electron chi connectivity index (χ4n) is 2.79. The molecule has 7 nitrogen and oxygen atoms in total. The SMILES string of the molecule is CCCN1C(=O)N=C2C=CC=CC2/C1=N/C(=O)Nc1ccccc1C#N. The topological polar surface area (TPSA) is 97.9 Å². The lowest BCUT2D eigenvalue weighted by Crippen LogP contribution is -2.47. The number of carbonyl (C=O) groups is 2. The maximum absolute atomic E-state index is 12.5. The third-order valence-corrected chi connectivity index (χ3v) is 3.96. The molecule has 1 aromatic rings. The summed E-state index contributed by atoms with van der Waals surface area (Å²) in [4.78, 5) is 34.4. The summed E-state index contributed by atoms with van der Waals surface area (Å²) >= 11 is 0. The van der Waals surface area contributed by atoms with Crippen molar-refractivity contribution < 1.29 is 9.59 Å². The van der Waals surface area contributed by atoms with Crippen LogP contribution in [-0.4, -0.2) is 35.1 Å². The zero-order valence-corrected chi connectivity index (χ0v) is 14.2. The number of anilines is 1. The molecule has 1 aromatic carbocycles. The van der Waals surface area contributed by atoms with Crippen LogP contribution in [0, 0.1) is 17.2 Å². The third kappa shape index (κ3) is 3.44. The first-order valence-electron chi connectivity index (χ1n) is 8.27. The number of allylic oxidation sites excluding steroid dienone is 3. The second-order valence-electron chi connectivity index (χ2n) is 5.75. The minimum Gasteiger partial charge on any atom is -0.305 e. The number of hydrogen-bond acceptors (Lipinski definition) is 3. The van der Waals surface area contributed by atoms with Crippen LogP contribution < -0.4 is 5.32 Å².